The number of aromatic nitrogens is 2. The Morgan fingerprint density at radius 3 is 2.27 bits per heavy atom. The number of ether oxygens (including phenoxy) is 1. The van der Waals surface area contributed by atoms with E-state index >= 15 is 0 Å². The molecule has 2 aliphatic heterocycles. The summed E-state index contributed by atoms with van der Waals surface area (Å²) >= 11 is 6.16. The Balaban J connectivity index is 1.59. The minimum absolute atomic E-state index is 0.0680. The van der Waals surface area contributed by atoms with Crippen LogP contribution in [0, 0.1) is 11.3 Å². The molecule has 0 bridgehead atoms. The first-order valence-electron chi connectivity index (χ1n) is 13.7. The van der Waals surface area contributed by atoms with Crippen LogP contribution in [0.1, 0.15) is 17.5 Å². The average molecular weight is 625 g/mol. The van der Waals surface area contributed by atoms with Crippen LogP contribution in [0.2, 0.25) is 5.02 Å². The number of hydrogen-bond acceptors (Lipinski definition) is 7. The third-order valence-corrected chi connectivity index (χ3v) is 9.65. The molecule has 1 aromatic heterocycles. The third-order valence-electron chi connectivity index (χ3n) is 7.65. The molecule has 3 aromatic carbocycles. The van der Waals surface area contributed by atoms with E-state index in [-0.39, 0.29) is 34.6 Å². The highest BCUT2D eigenvalue weighted by Crippen LogP contribution is 2.39. The molecule has 1 unspecified atom stereocenters. The Morgan fingerprint density at radius 1 is 0.977 bits per heavy atom. The van der Waals surface area contributed by atoms with Gasteiger partial charge in [0.25, 0.3) is 11.8 Å². The highest BCUT2D eigenvalue weighted by Gasteiger charge is 2.45. The van der Waals surface area contributed by atoms with E-state index in [0.717, 1.165) is 16.2 Å². The summed E-state index contributed by atoms with van der Waals surface area (Å²) in [6.07, 6.45) is 3.47. The van der Waals surface area contributed by atoms with Crippen LogP contribution < -0.4 is 4.74 Å². The van der Waals surface area contributed by atoms with E-state index in [1.54, 1.807) is 53.4 Å². The topological polar surface area (TPSA) is 122 Å². The number of halogens is 1. The van der Waals surface area contributed by atoms with E-state index in [9.17, 15) is 23.3 Å². The summed E-state index contributed by atoms with van der Waals surface area (Å²) in [7, 11) is -1.92. The van der Waals surface area contributed by atoms with Gasteiger partial charge in [0.2, 0.25) is 0 Å². The molecule has 4 aromatic rings. The van der Waals surface area contributed by atoms with Crippen LogP contribution in [0.4, 0.5) is 0 Å². The van der Waals surface area contributed by atoms with Crippen molar-refractivity contribution < 1.29 is 22.7 Å². The molecule has 0 radical (unpaired) electrons. The number of carbonyl (C=O) groups excluding carboxylic acids is 2. The molecule has 0 saturated carbocycles. The number of imide groups is 1. The molecule has 2 amide bonds. The predicted molar refractivity (Wildman–Crippen MR) is 166 cm³/mol. The molecule has 0 aliphatic carbocycles. The van der Waals surface area contributed by atoms with Crippen molar-refractivity contribution in [2.45, 2.75) is 12.5 Å². The van der Waals surface area contributed by atoms with Crippen molar-refractivity contribution in [1.29, 1.82) is 5.26 Å². The fourth-order valence-electron chi connectivity index (χ4n) is 5.49. The summed E-state index contributed by atoms with van der Waals surface area (Å²) in [6, 6.07) is 24.3. The van der Waals surface area contributed by atoms with Gasteiger partial charge in [0.1, 0.15) is 17.4 Å². The quantitative estimate of drug-likeness (QED) is 0.216. The number of hydrogen-bond donors (Lipinski definition) is 0. The molecular formula is C33H25ClN4O5S. The maximum absolute atomic E-state index is 14.3. The molecule has 11 heteroatoms. The van der Waals surface area contributed by atoms with Gasteiger partial charge in [-0.1, -0.05) is 54.1 Å². The lowest BCUT2D eigenvalue weighted by molar-refractivity contribution is -0.142. The zero-order valence-corrected chi connectivity index (χ0v) is 25.0. The largest absolute Gasteiger partial charge is 0.497 e. The lowest BCUT2D eigenvalue weighted by Crippen LogP contribution is -2.49. The second-order valence-corrected chi connectivity index (χ2v) is 13.1. The second kappa shape index (κ2) is 11.6. The van der Waals surface area contributed by atoms with E-state index < -0.39 is 27.7 Å². The normalized spacial score (nSPS) is 19.0. The monoisotopic (exact) mass is 624 g/mol. The van der Waals surface area contributed by atoms with Gasteiger partial charge >= 0.3 is 0 Å². The van der Waals surface area contributed by atoms with Gasteiger partial charge < -0.3 is 4.74 Å². The fourth-order valence-corrected chi connectivity index (χ4v) is 7.32. The van der Waals surface area contributed by atoms with E-state index in [0.29, 0.717) is 27.6 Å². The highest BCUT2D eigenvalue weighted by atomic mass is 35.5. The highest BCUT2D eigenvalue weighted by molar-refractivity contribution is 7.91. The van der Waals surface area contributed by atoms with Gasteiger partial charge in [-0.15, -0.1) is 0 Å². The minimum atomic E-state index is -3.44. The molecular weight excluding hydrogens is 600 g/mol. The number of rotatable bonds is 6. The van der Waals surface area contributed by atoms with Crippen molar-refractivity contribution in [3.8, 4) is 28.8 Å². The summed E-state index contributed by atoms with van der Waals surface area (Å²) in [5.74, 6) is -1.44. The van der Waals surface area contributed by atoms with Crippen molar-refractivity contribution in [2.75, 3.05) is 18.6 Å². The zero-order valence-electron chi connectivity index (χ0n) is 23.5. The fraction of sp³-hybridized carbons (Fsp3) is 0.152. The van der Waals surface area contributed by atoms with Gasteiger partial charge in [-0.05, 0) is 54.5 Å². The smallest absolute Gasteiger partial charge is 0.272 e. The summed E-state index contributed by atoms with van der Waals surface area (Å²) in [5.41, 5.74) is 2.99. The van der Waals surface area contributed by atoms with Crippen LogP contribution in [0.3, 0.4) is 0 Å². The van der Waals surface area contributed by atoms with Crippen LogP contribution in [-0.4, -0.2) is 59.6 Å². The van der Waals surface area contributed by atoms with Crippen LogP contribution in [0.5, 0.6) is 5.75 Å². The molecule has 220 valence electrons. The van der Waals surface area contributed by atoms with Crippen molar-refractivity contribution >= 4 is 44.9 Å². The van der Waals surface area contributed by atoms with E-state index in [2.05, 4.69) is 0 Å². The number of nitriles is 1. The van der Waals surface area contributed by atoms with Crippen molar-refractivity contribution in [3.05, 3.63) is 112 Å². The van der Waals surface area contributed by atoms with E-state index in [1.165, 1.54) is 7.11 Å². The predicted octanol–water partition coefficient (Wildman–Crippen LogP) is 5.12. The molecule has 1 saturated heterocycles. The van der Waals surface area contributed by atoms with Crippen LogP contribution in [-0.2, 0) is 19.4 Å². The second-order valence-electron chi connectivity index (χ2n) is 10.4. The number of para-hydroxylation sites is 1. The molecule has 3 heterocycles. The first-order chi connectivity index (χ1) is 21.2. The van der Waals surface area contributed by atoms with Crippen molar-refractivity contribution in [1.82, 2.24) is 14.7 Å². The van der Waals surface area contributed by atoms with Gasteiger partial charge in [0.05, 0.1) is 41.6 Å². The zero-order chi connectivity index (χ0) is 31.0. The molecule has 1 fully saturated rings. The Kier molecular flexibility index (Phi) is 7.67. The summed E-state index contributed by atoms with van der Waals surface area (Å²) in [5, 5.41) is 15.6. The number of sulfone groups is 1. The maximum atomic E-state index is 14.3. The average Bonchev–Trinajstić information content (AvgIpc) is 3.62. The first-order valence-corrected chi connectivity index (χ1v) is 15.9. The Labute approximate surface area is 259 Å². The third kappa shape index (κ3) is 5.43. The molecule has 0 N–H and O–H groups in total. The standard InChI is InChI=1S/C33H25ClN4O5S/c1-43-27-13-9-21(10-14-27)30-28(32(39)38(33(40)29(30)18-35)26-15-16-44(41,42)20-26)17-23-19-37(25-5-3-2-4-6-25)36-31(23)22-7-11-24(34)12-8-22/h2-14,17,19,26H,15-16,20H2,1H3/b28-17-. The minimum Gasteiger partial charge on any atom is -0.497 e. The molecule has 1 atom stereocenters. The molecule has 6 rings (SSSR count). The summed E-state index contributed by atoms with van der Waals surface area (Å²) in [4.78, 5) is 29.0. The number of carbonyl (C=O) groups is 2. The SMILES string of the molecule is COc1ccc(C2=C(C#N)C(=O)N(C3CCS(=O)(=O)C3)C(=O)/C2=C\c2cn(-c3ccccc3)nc2-c2ccc(Cl)cc2)cc1. The van der Waals surface area contributed by atoms with Gasteiger partial charge in [0, 0.05) is 27.9 Å². The van der Waals surface area contributed by atoms with Crippen molar-refractivity contribution in [3.63, 3.8) is 0 Å². The van der Waals surface area contributed by atoms with Gasteiger partial charge in [-0.3, -0.25) is 14.5 Å². The number of nitrogens with zero attached hydrogens (tertiary/aromatic N) is 4. The summed E-state index contributed by atoms with van der Waals surface area (Å²) < 4.78 is 31.7. The number of benzene rings is 3. The van der Waals surface area contributed by atoms with Gasteiger partial charge in [-0.25, -0.2) is 13.1 Å². The Morgan fingerprint density at radius 2 is 1.66 bits per heavy atom. The van der Waals surface area contributed by atoms with Crippen LogP contribution in [0.25, 0.3) is 28.6 Å². The number of amides is 2. The lowest BCUT2D eigenvalue weighted by atomic mass is 9.86. The molecule has 2 aliphatic rings. The number of methoxy groups -OCH3 is 1. The lowest BCUT2D eigenvalue weighted by Gasteiger charge is -2.32. The first kappa shape index (κ1) is 29.1. The van der Waals surface area contributed by atoms with Crippen molar-refractivity contribution in [2.24, 2.45) is 0 Å². The Bertz CT molecular complexity index is 1990. The maximum Gasteiger partial charge on any atom is 0.272 e. The van der Waals surface area contributed by atoms with Gasteiger partial charge in [-0.2, -0.15) is 10.4 Å². The molecule has 44 heavy (non-hydrogen) atoms. The van der Waals surface area contributed by atoms with E-state index in [1.807, 2.05) is 48.5 Å². The van der Waals surface area contributed by atoms with Crippen LogP contribution >= 0.6 is 11.6 Å². The molecule has 9 nitrogen and oxygen atoms in total. The van der Waals surface area contributed by atoms with Gasteiger partial charge in [0.15, 0.2) is 9.84 Å². The van der Waals surface area contributed by atoms with Crippen LogP contribution in [0.15, 0.2) is 96.2 Å². The Hall–Kier alpha value is -4.98. The van der Waals surface area contributed by atoms with E-state index in [4.69, 9.17) is 21.4 Å². The molecule has 0 spiro atoms. The summed E-state index contributed by atoms with van der Waals surface area (Å²) in [6.45, 7) is 0.